The highest BCUT2D eigenvalue weighted by Gasteiger charge is 2.14. The van der Waals surface area contributed by atoms with E-state index in [0.717, 1.165) is 28.7 Å². The van der Waals surface area contributed by atoms with Crippen molar-refractivity contribution in [3.05, 3.63) is 59.7 Å². The zero-order valence-corrected chi connectivity index (χ0v) is 14.1. The lowest BCUT2D eigenvalue weighted by Gasteiger charge is -2.21. The van der Waals surface area contributed by atoms with Gasteiger partial charge in [-0.1, -0.05) is 38.1 Å². The normalized spacial score (nSPS) is 11.0. The van der Waals surface area contributed by atoms with Gasteiger partial charge in [0.05, 0.1) is 11.9 Å². The Morgan fingerprint density at radius 1 is 1.12 bits per heavy atom. The topological polar surface area (TPSA) is 68.8 Å². The molecule has 0 amide bonds. The highest BCUT2D eigenvalue weighted by molar-refractivity contribution is 5.94. The highest BCUT2D eigenvalue weighted by atomic mass is 15.2. The summed E-state index contributed by atoms with van der Waals surface area (Å²) in [5, 5.41) is 16.8. The number of para-hydroxylation sites is 1. The van der Waals surface area contributed by atoms with E-state index in [0.29, 0.717) is 5.92 Å². The first-order valence-corrected chi connectivity index (χ1v) is 7.93. The summed E-state index contributed by atoms with van der Waals surface area (Å²) in [5.74, 6) is 1.10. The molecule has 5 nitrogen and oxygen atoms in total. The van der Waals surface area contributed by atoms with Crippen molar-refractivity contribution >= 4 is 28.7 Å². The Balaban J connectivity index is 2.30. The van der Waals surface area contributed by atoms with E-state index < -0.39 is 0 Å². The summed E-state index contributed by atoms with van der Waals surface area (Å²) in [6, 6.07) is 16.1. The Labute approximate surface area is 141 Å². The van der Waals surface area contributed by atoms with Crippen LogP contribution >= 0.6 is 0 Å². The van der Waals surface area contributed by atoms with Crippen LogP contribution in [0, 0.1) is 10.8 Å². The Morgan fingerprint density at radius 2 is 1.83 bits per heavy atom. The van der Waals surface area contributed by atoms with Crippen LogP contribution in [0.3, 0.4) is 0 Å². The van der Waals surface area contributed by atoms with Crippen molar-refractivity contribution in [3.63, 3.8) is 0 Å². The number of anilines is 2. The third-order valence-corrected chi connectivity index (χ3v) is 4.22. The lowest BCUT2D eigenvalue weighted by Crippen LogP contribution is -2.26. The summed E-state index contributed by atoms with van der Waals surface area (Å²) in [6.07, 6.45) is 1.15. The van der Waals surface area contributed by atoms with Crippen LogP contribution in [-0.2, 0) is 0 Å². The van der Waals surface area contributed by atoms with E-state index >= 15 is 0 Å². The maximum atomic E-state index is 8.20. The molecule has 0 bridgehead atoms. The molecule has 3 aromatic rings. The van der Waals surface area contributed by atoms with Crippen LogP contribution < -0.4 is 10.5 Å². The highest BCUT2D eigenvalue weighted by Crippen LogP contribution is 2.29. The molecule has 0 spiro atoms. The van der Waals surface area contributed by atoms with Crippen molar-refractivity contribution in [3.8, 4) is 0 Å². The van der Waals surface area contributed by atoms with Crippen molar-refractivity contribution in [2.75, 3.05) is 11.9 Å². The van der Waals surface area contributed by atoms with E-state index in [1.54, 1.807) is 0 Å². The molecule has 0 radical (unpaired) electrons. The van der Waals surface area contributed by atoms with Crippen molar-refractivity contribution in [1.82, 2.24) is 9.55 Å². The van der Waals surface area contributed by atoms with E-state index in [1.165, 1.54) is 10.1 Å². The Bertz CT molecular complexity index is 941. The number of aromatic nitrogens is 2. The number of nitrogens with one attached hydrogen (secondary N) is 2. The molecule has 2 N–H and O–H groups in total. The summed E-state index contributed by atoms with van der Waals surface area (Å²) < 4.78 is 1.50. The Morgan fingerprint density at radius 3 is 2.46 bits per heavy atom. The molecule has 0 saturated carbocycles. The summed E-state index contributed by atoms with van der Waals surface area (Å²) in [4.78, 5) is 6.40. The molecule has 0 fully saturated rings. The van der Waals surface area contributed by atoms with Gasteiger partial charge in [-0.15, -0.1) is 0 Å². The number of benzene rings is 2. The van der Waals surface area contributed by atoms with Crippen LogP contribution in [0.4, 0.5) is 11.5 Å². The first-order chi connectivity index (χ1) is 11.5. The minimum absolute atomic E-state index is 0.0520. The van der Waals surface area contributed by atoms with Gasteiger partial charge in [-0.2, -0.15) is 4.98 Å². The Kier molecular flexibility index (Phi) is 4.16. The largest absolute Gasteiger partial charge is 0.329 e. The van der Waals surface area contributed by atoms with Crippen LogP contribution in [0.25, 0.3) is 10.9 Å². The molecule has 1 heterocycles. The van der Waals surface area contributed by atoms with Crippen LogP contribution in [0.15, 0.2) is 48.5 Å². The van der Waals surface area contributed by atoms with Gasteiger partial charge >= 0.3 is 0 Å². The van der Waals surface area contributed by atoms with E-state index in [2.05, 4.69) is 24.9 Å². The smallest absolute Gasteiger partial charge is 0.229 e. The van der Waals surface area contributed by atoms with E-state index in [-0.39, 0.29) is 5.62 Å². The molecule has 0 aliphatic rings. The summed E-state index contributed by atoms with van der Waals surface area (Å²) in [6.45, 7) is 4.27. The van der Waals surface area contributed by atoms with Crippen molar-refractivity contribution in [2.24, 2.45) is 0 Å². The van der Waals surface area contributed by atoms with Crippen LogP contribution in [0.5, 0.6) is 0 Å². The summed E-state index contributed by atoms with van der Waals surface area (Å²) in [7, 11) is 1.95. The molecule has 0 unspecified atom stereocenters. The predicted molar refractivity (Wildman–Crippen MR) is 98.4 cm³/mol. The molecule has 2 aromatic carbocycles. The summed E-state index contributed by atoms with van der Waals surface area (Å²) in [5.41, 5.74) is 3.06. The molecular weight excluding hydrogens is 298 g/mol. The second-order valence-electron chi connectivity index (χ2n) is 6.08. The number of hydrogen-bond acceptors (Lipinski definition) is 4. The molecule has 0 aliphatic carbocycles. The molecule has 0 saturated heterocycles. The average molecular weight is 319 g/mol. The number of hydrogen-bond donors (Lipinski definition) is 2. The molecule has 122 valence electrons. The zero-order chi connectivity index (χ0) is 17.3. The van der Waals surface area contributed by atoms with Gasteiger partial charge in [-0.3, -0.25) is 15.4 Å². The van der Waals surface area contributed by atoms with Crippen molar-refractivity contribution in [1.29, 1.82) is 10.8 Å². The fourth-order valence-electron chi connectivity index (χ4n) is 2.78. The first kappa shape index (κ1) is 15.9. The molecule has 0 aliphatic heterocycles. The fourth-order valence-corrected chi connectivity index (χ4v) is 2.78. The SMILES string of the molecule is CC(C)c1ccc2c(N(C)c3ccccc3)nc(=N)n(C=N)c2c1. The monoisotopic (exact) mass is 319 g/mol. The standard InChI is InChI=1S/C19H21N5/c1-13(2)14-9-10-16-17(11-14)24(12-20)19(21)22-18(16)23(3)15-7-5-4-6-8-15/h4-13,20-21H,1-3H3. The first-order valence-electron chi connectivity index (χ1n) is 7.93. The second-order valence-corrected chi connectivity index (χ2v) is 6.08. The zero-order valence-electron chi connectivity index (χ0n) is 14.1. The van der Waals surface area contributed by atoms with Gasteiger partial charge < -0.3 is 4.90 Å². The summed E-state index contributed by atoms with van der Waals surface area (Å²) >= 11 is 0. The van der Waals surface area contributed by atoms with Crippen molar-refractivity contribution < 1.29 is 0 Å². The van der Waals surface area contributed by atoms with E-state index in [9.17, 15) is 0 Å². The minimum atomic E-state index is 0.0520. The second kappa shape index (κ2) is 6.28. The number of rotatable bonds is 4. The number of nitrogens with zero attached hydrogens (tertiary/aromatic N) is 3. The van der Waals surface area contributed by atoms with Gasteiger partial charge in [0, 0.05) is 18.1 Å². The third-order valence-electron chi connectivity index (χ3n) is 4.22. The van der Waals surface area contributed by atoms with Gasteiger partial charge in [0.2, 0.25) is 5.62 Å². The van der Waals surface area contributed by atoms with Crippen LogP contribution in [0.1, 0.15) is 25.3 Å². The Hall–Kier alpha value is -2.95. The molecule has 1 aromatic heterocycles. The fraction of sp³-hybridized carbons (Fsp3) is 0.211. The molecule has 3 rings (SSSR count). The van der Waals surface area contributed by atoms with Gasteiger partial charge in [-0.25, -0.2) is 0 Å². The van der Waals surface area contributed by atoms with Gasteiger partial charge in [0.25, 0.3) is 0 Å². The van der Waals surface area contributed by atoms with Gasteiger partial charge in [0.1, 0.15) is 5.82 Å². The van der Waals surface area contributed by atoms with Gasteiger partial charge in [0.15, 0.2) is 0 Å². The van der Waals surface area contributed by atoms with E-state index in [4.69, 9.17) is 10.8 Å². The predicted octanol–water partition coefficient (Wildman–Crippen LogP) is 3.86. The molecule has 5 heteroatoms. The van der Waals surface area contributed by atoms with Crippen molar-refractivity contribution in [2.45, 2.75) is 19.8 Å². The maximum absolute atomic E-state index is 8.20. The lowest BCUT2D eigenvalue weighted by atomic mass is 10.0. The molecule has 24 heavy (non-hydrogen) atoms. The minimum Gasteiger partial charge on any atom is -0.329 e. The molecular formula is C19H21N5. The van der Waals surface area contributed by atoms with Gasteiger partial charge in [-0.05, 0) is 35.7 Å². The van der Waals surface area contributed by atoms with Crippen LogP contribution in [0.2, 0.25) is 0 Å². The molecule has 0 atom stereocenters. The average Bonchev–Trinajstić information content (AvgIpc) is 2.60. The number of fused-ring (bicyclic) bond motifs is 1. The lowest BCUT2D eigenvalue weighted by molar-refractivity contribution is 0.863. The third kappa shape index (κ3) is 2.69. The maximum Gasteiger partial charge on any atom is 0.229 e. The van der Waals surface area contributed by atoms with Crippen LogP contribution in [-0.4, -0.2) is 22.9 Å². The van der Waals surface area contributed by atoms with E-state index in [1.807, 2.05) is 54.4 Å². The quantitative estimate of drug-likeness (QED) is 0.566.